The van der Waals surface area contributed by atoms with Crippen molar-refractivity contribution >= 4 is 11.6 Å². The van der Waals surface area contributed by atoms with Gasteiger partial charge in [0, 0.05) is 31.0 Å². The average molecular weight is 393 g/mol. The minimum Gasteiger partial charge on any atom is -0.489 e. The first-order valence-electron chi connectivity index (χ1n) is 11.1. The summed E-state index contributed by atoms with van der Waals surface area (Å²) in [5, 5.41) is 0. The van der Waals surface area contributed by atoms with Crippen LogP contribution in [0.25, 0.3) is 0 Å². The summed E-state index contributed by atoms with van der Waals surface area (Å²) in [7, 11) is 0. The van der Waals surface area contributed by atoms with Crippen molar-refractivity contribution in [2.45, 2.75) is 70.3 Å². The highest BCUT2D eigenvalue weighted by atomic mass is 16.5. The summed E-state index contributed by atoms with van der Waals surface area (Å²) in [5.74, 6) is 3.13. The second kappa shape index (κ2) is 8.98. The maximum Gasteiger partial charge on any atom is 0.130 e. The number of nitrogens with zero attached hydrogens (tertiary/aromatic N) is 2. The molecule has 0 amide bonds. The highest BCUT2D eigenvalue weighted by Crippen LogP contribution is 2.34. The van der Waals surface area contributed by atoms with Crippen molar-refractivity contribution in [1.29, 1.82) is 0 Å². The van der Waals surface area contributed by atoms with Crippen LogP contribution in [0.5, 0.6) is 5.75 Å². The number of aromatic nitrogens is 1. The zero-order valence-electron chi connectivity index (χ0n) is 17.6. The molecule has 0 radical (unpaired) electrons. The van der Waals surface area contributed by atoms with Crippen LogP contribution in [0.1, 0.15) is 75.5 Å². The molecule has 1 aliphatic heterocycles. The summed E-state index contributed by atoms with van der Waals surface area (Å²) in [6, 6.07) is 14.7. The Morgan fingerprint density at radius 3 is 2.62 bits per heavy atom. The summed E-state index contributed by atoms with van der Waals surface area (Å²) in [6.45, 7) is 5.61. The van der Waals surface area contributed by atoms with Crippen LogP contribution >= 0.6 is 0 Å². The number of ether oxygens (including phenoxy) is 1. The van der Waals surface area contributed by atoms with Crippen LogP contribution < -0.4 is 9.64 Å². The zero-order valence-corrected chi connectivity index (χ0v) is 17.6. The minimum atomic E-state index is 0.187. The quantitative estimate of drug-likeness (QED) is 0.626. The third kappa shape index (κ3) is 4.98. The third-order valence-electron chi connectivity index (χ3n) is 6.34. The second-order valence-corrected chi connectivity index (χ2v) is 8.75. The molecule has 1 unspecified atom stereocenters. The molecule has 2 fully saturated rings. The summed E-state index contributed by atoms with van der Waals surface area (Å²) in [4.78, 5) is 18.7. The van der Waals surface area contributed by atoms with Gasteiger partial charge in [0.05, 0.1) is 6.54 Å². The summed E-state index contributed by atoms with van der Waals surface area (Å²) < 4.78 is 6.24. The number of Topliss-reactive ketones (excluding diaryl/α,β-unsaturated/α-hetero) is 1. The molecule has 1 saturated heterocycles. The van der Waals surface area contributed by atoms with E-state index < -0.39 is 0 Å². The molecule has 1 aliphatic carbocycles. The van der Waals surface area contributed by atoms with E-state index in [4.69, 9.17) is 9.72 Å². The first-order valence-corrected chi connectivity index (χ1v) is 11.1. The molecule has 1 aromatic heterocycles. The monoisotopic (exact) mass is 392 g/mol. The average Bonchev–Trinajstić information content (AvgIpc) is 3.40. The van der Waals surface area contributed by atoms with Gasteiger partial charge >= 0.3 is 0 Å². The van der Waals surface area contributed by atoms with Crippen molar-refractivity contribution in [3.05, 3.63) is 53.7 Å². The number of anilines is 1. The molecule has 4 nitrogen and oxygen atoms in total. The van der Waals surface area contributed by atoms with Crippen molar-refractivity contribution in [2.24, 2.45) is 0 Å². The van der Waals surface area contributed by atoms with E-state index >= 15 is 0 Å². The first kappa shape index (κ1) is 19.9. The Labute approximate surface area is 174 Å². The Morgan fingerprint density at radius 1 is 1.14 bits per heavy atom. The van der Waals surface area contributed by atoms with Crippen LogP contribution in [0.2, 0.25) is 0 Å². The molecule has 1 aromatic carbocycles. The highest BCUT2D eigenvalue weighted by molar-refractivity contribution is 5.76. The molecular formula is C25H32N2O2. The van der Waals surface area contributed by atoms with E-state index in [0.29, 0.717) is 12.3 Å². The third-order valence-corrected chi connectivity index (χ3v) is 6.34. The van der Waals surface area contributed by atoms with Gasteiger partial charge in [-0.1, -0.05) is 38.0 Å². The fourth-order valence-electron chi connectivity index (χ4n) is 4.71. The van der Waals surface area contributed by atoms with Crippen LogP contribution in [0.15, 0.2) is 42.5 Å². The smallest absolute Gasteiger partial charge is 0.130 e. The molecule has 154 valence electrons. The van der Waals surface area contributed by atoms with Gasteiger partial charge in [-0.05, 0) is 55.5 Å². The lowest BCUT2D eigenvalue weighted by atomic mass is 9.96. The lowest BCUT2D eigenvalue weighted by Crippen LogP contribution is -2.25. The molecule has 0 N–H and O–H groups in total. The number of ketones is 1. The van der Waals surface area contributed by atoms with E-state index in [0.717, 1.165) is 31.1 Å². The lowest BCUT2D eigenvalue weighted by Gasteiger charge is -2.20. The summed E-state index contributed by atoms with van der Waals surface area (Å²) >= 11 is 0. The number of hydrogen-bond donors (Lipinski definition) is 0. The van der Waals surface area contributed by atoms with Gasteiger partial charge in [0.2, 0.25) is 0 Å². The number of carbonyl (C=O) groups is 1. The van der Waals surface area contributed by atoms with Gasteiger partial charge in [0.1, 0.15) is 23.5 Å². The fourth-order valence-corrected chi connectivity index (χ4v) is 4.71. The van der Waals surface area contributed by atoms with Crippen LogP contribution in [0.3, 0.4) is 0 Å². The molecule has 4 heteroatoms. The van der Waals surface area contributed by atoms with Crippen molar-refractivity contribution in [3.63, 3.8) is 0 Å². The van der Waals surface area contributed by atoms with E-state index in [-0.39, 0.29) is 17.8 Å². The number of benzene rings is 1. The highest BCUT2D eigenvalue weighted by Gasteiger charge is 2.26. The number of rotatable bonds is 7. The van der Waals surface area contributed by atoms with Crippen molar-refractivity contribution in [1.82, 2.24) is 4.98 Å². The molecular weight excluding hydrogens is 360 g/mol. The summed E-state index contributed by atoms with van der Waals surface area (Å²) in [5.41, 5.74) is 2.45. The van der Waals surface area contributed by atoms with E-state index in [9.17, 15) is 4.79 Å². The van der Waals surface area contributed by atoms with Crippen LogP contribution in [0.4, 0.5) is 5.82 Å². The first-order chi connectivity index (χ1) is 14.1. The maximum absolute atomic E-state index is 11.3. The van der Waals surface area contributed by atoms with Crippen LogP contribution in [0, 0.1) is 0 Å². The van der Waals surface area contributed by atoms with Gasteiger partial charge in [-0.25, -0.2) is 4.98 Å². The molecule has 2 aromatic rings. The van der Waals surface area contributed by atoms with Crippen molar-refractivity contribution < 1.29 is 9.53 Å². The van der Waals surface area contributed by atoms with Gasteiger partial charge in [0.25, 0.3) is 0 Å². The lowest BCUT2D eigenvalue weighted by molar-refractivity contribution is -0.117. The van der Waals surface area contributed by atoms with Crippen LogP contribution in [-0.4, -0.2) is 30.0 Å². The molecule has 29 heavy (non-hydrogen) atoms. The molecule has 0 bridgehead atoms. The maximum atomic E-state index is 11.3. The van der Waals surface area contributed by atoms with Gasteiger partial charge in [-0.2, -0.15) is 0 Å². The Hall–Kier alpha value is -2.36. The Balaban J connectivity index is 1.34. The zero-order chi connectivity index (χ0) is 20.2. The Bertz CT molecular complexity index is 827. The van der Waals surface area contributed by atoms with E-state index in [1.807, 2.05) is 12.1 Å². The van der Waals surface area contributed by atoms with Gasteiger partial charge < -0.3 is 14.4 Å². The predicted molar refractivity (Wildman–Crippen MR) is 117 cm³/mol. The fraction of sp³-hybridized carbons (Fsp3) is 0.520. The molecule has 4 rings (SSSR count). The molecule has 1 saturated carbocycles. The Kier molecular flexibility index (Phi) is 6.17. The van der Waals surface area contributed by atoms with E-state index in [1.54, 1.807) is 6.92 Å². The molecule has 2 aliphatic rings. The number of hydrogen-bond acceptors (Lipinski definition) is 4. The largest absolute Gasteiger partial charge is 0.489 e. The molecule has 0 spiro atoms. The Morgan fingerprint density at radius 2 is 1.90 bits per heavy atom. The molecule has 2 heterocycles. The number of carbonyl (C=O) groups excluding carboxylic acids is 1. The van der Waals surface area contributed by atoms with Crippen molar-refractivity contribution in [3.8, 4) is 5.75 Å². The normalized spacial score (nSPS) is 20.8. The minimum absolute atomic E-state index is 0.187. The predicted octanol–water partition coefficient (Wildman–Crippen LogP) is 5.48. The van der Waals surface area contributed by atoms with E-state index in [2.05, 4.69) is 42.2 Å². The van der Waals surface area contributed by atoms with Gasteiger partial charge in [-0.15, -0.1) is 0 Å². The van der Waals surface area contributed by atoms with Crippen molar-refractivity contribution in [2.75, 3.05) is 18.0 Å². The second-order valence-electron chi connectivity index (χ2n) is 8.75. The van der Waals surface area contributed by atoms with Crippen LogP contribution in [-0.2, 0) is 4.79 Å². The number of pyridine rings is 1. The van der Waals surface area contributed by atoms with Gasteiger partial charge in [-0.3, -0.25) is 0 Å². The van der Waals surface area contributed by atoms with E-state index in [1.165, 1.54) is 36.9 Å². The van der Waals surface area contributed by atoms with Gasteiger partial charge in [0.15, 0.2) is 0 Å². The summed E-state index contributed by atoms with van der Waals surface area (Å²) in [6.07, 6.45) is 7.02. The molecule has 2 atom stereocenters. The standard InChI is InChI=1S/C25H32N2O2/c1-18(16-19(2)28)20-10-12-22(13-11-20)29-23-14-15-27(17-23)25-9-5-8-24(26-25)21-6-3-4-7-21/h5,8-13,18,21,23H,3-4,6-7,14-17H2,1-2H3/t18-,23?/m1/s1. The topological polar surface area (TPSA) is 42.4 Å². The SMILES string of the molecule is CC(=O)C[C@@H](C)c1ccc(OC2CCN(c3cccc(C4CCCC4)n3)C2)cc1.